The zero-order chi connectivity index (χ0) is 12.7. The summed E-state index contributed by atoms with van der Waals surface area (Å²) in [6.45, 7) is 5.24. The third kappa shape index (κ3) is 5.44. The van der Waals surface area contributed by atoms with E-state index in [1.165, 1.54) is 0 Å². The Labute approximate surface area is 108 Å². The SMILES string of the molecule is CSc1ccccc1OC[C@H](O)C[NH2+]C(C)C. The number of thioether (sulfide) groups is 1. The molecule has 0 aliphatic rings. The Morgan fingerprint density at radius 3 is 2.71 bits per heavy atom. The lowest BCUT2D eigenvalue weighted by Crippen LogP contribution is -2.90. The van der Waals surface area contributed by atoms with Crippen LogP contribution in [0, 0.1) is 0 Å². The predicted octanol–water partition coefficient (Wildman–Crippen LogP) is 1.12. The molecule has 17 heavy (non-hydrogen) atoms. The van der Waals surface area contributed by atoms with Crippen LogP contribution in [0.15, 0.2) is 29.2 Å². The minimum Gasteiger partial charge on any atom is -0.489 e. The molecule has 0 amide bonds. The first-order valence-electron chi connectivity index (χ1n) is 5.90. The monoisotopic (exact) mass is 256 g/mol. The van der Waals surface area contributed by atoms with Crippen LogP contribution in [0.5, 0.6) is 5.75 Å². The zero-order valence-electron chi connectivity index (χ0n) is 10.7. The molecule has 0 fully saturated rings. The molecule has 96 valence electrons. The van der Waals surface area contributed by atoms with Crippen LogP contribution in [0.4, 0.5) is 0 Å². The quantitative estimate of drug-likeness (QED) is 0.719. The number of ether oxygens (including phenoxy) is 1. The number of aliphatic hydroxyl groups excluding tert-OH is 1. The molecular formula is C13H22NO2S+. The van der Waals surface area contributed by atoms with Gasteiger partial charge in [-0.1, -0.05) is 12.1 Å². The summed E-state index contributed by atoms with van der Waals surface area (Å²) >= 11 is 1.65. The number of rotatable bonds is 7. The number of benzene rings is 1. The Morgan fingerprint density at radius 2 is 2.06 bits per heavy atom. The topological polar surface area (TPSA) is 46.1 Å². The lowest BCUT2D eigenvalue weighted by Gasteiger charge is -2.14. The van der Waals surface area contributed by atoms with Crippen molar-refractivity contribution in [3.05, 3.63) is 24.3 Å². The Hall–Kier alpha value is -0.710. The second kappa shape index (κ2) is 7.58. The molecule has 0 aliphatic heterocycles. The number of quaternary nitrogens is 1. The summed E-state index contributed by atoms with van der Waals surface area (Å²) in [4.78, 5) is 1.10. The first-order valence-corrected chi connectivity index (χ1v) is 7.13. The van der Waals surface area contributed by atoms with E-state index in [9.17, 15) is 5.11 Å². The Bertz CT molecular complexity index is 331. The summed E-state index contributed by atoms with van der Waals surface area (Å²) in [6, 6.07) is 8.39. The molecule has 1 rings (SSSR count). The van der Waals surface area contributed by atoms with Gasteiger partial charge >= 0.3 is 0 Å². The Balaban J connectivity index is 2.39. The smallest absolute Gasteiger partial charge is 0.137 e. The molecule has 3 N–H and O–H groups in total. The maximum Gasteiger partial charge on any atom is 0.137 e. The number of hydrogen-bond donors (Lipinski definition) is 2. The van der Waals surface area contributed by atoms with E-state index in [1.54, 1.807) is 11.8 Å². The van der Waals surface area contributed by atoms with Gasteiger partial charge in [0.1, 0.15) is 25.0 Å². The highest BCUT2D eigenvalue weighted by molar-refractivity contribution is 7.98. The second-order valence-electron chi connectivity index (χ2n) is 4.33. The van der Waals surface area contributed by atoms with E-state index in [1.807, 2.05) is 30.5 Å². The molecule has 0 saturated heterocycles. The van der Waals surface area contributed by atoms with E-state index in [4.69, 9.17) is 4.74 Å². The van der Waals surface area contributed by atoms with Crippen LogP contribution < -0.4 is 10.1 Å². The third-order valence-electron chi connectivity index (χ3n) is 2.38. The van der Waals surface area contributed by atoms with Gasteiger partial charge in [0.15, 0.2) is 0 Å². The lowest BCUT2D eigenvalue weighted by atomic mass is 10.3. The van der Waals surface area contributed by atoms with Gasteiger partial charge in [0.05, 0.1) is 6.04 Å². The molecule has 4 heteroatoms. The largest absolute Gasteiger partial charge is 0.489 e. The summed E-state index contributed by atoms with van der Waals surface area (Å²) in [7, 11) is 0. The van der Waals surface area contributed by atoms with Crippen molar-refractivity contribution in [2.24, 2.45) is 0 Å². The molecule has 3 nitrogen and oxygen atoms in total. The summed E-state index contributed by atoms with van der Waals surface area (Å²) in [5.41, 5.74) is 0. The molecule has 0 unspecified atom stereocenters. The van der Waals surface area contributed by atoms with Crippen LogP contribution in [-0.4, -0.2) is 36.7 Å². The summed E-state index contributed by atoms with van der Waals surface area (Å²) < 4.78 is 5.63. The highest BCUT2D eigenvalue weighted by Crippen LogP contribution is 2.26. The van der Waals surface area contributed by atoms with E-state index in [0.717, 1.165) is 10.6 Å². The van der Waals surface area contributed by atoms with Crippen molar-refractivity contribution in [2.75, 3.05) is 19.4 Å². The fourth-order valence-electron chi connectivity index (χ4n) is 1.42. The van der Waals surface area contributed by atoms with Crippen LogP contribution >= 0.6 is 11.8 Å². The van der Waals surface area contributed by atoms with Gasteiger partial charge in [-0.05, 0) is 32.2 Å². The first kappa shape index (κ1) is 14.4. The number of nitrogens with two attached hydrogens (primary N) is 1. The van der Waals surface area contributed by atoms with E-state index in [2.05, 4.69) is 19.2 Å². The molecule has 0 heterocycles. The highest BCUT2D eigenvalue weighted by Gasteiger charge is 2.10. The molecule has 1 aromatic rings. The zero-order valence-corrected chi connectivity index (χ0v) is 11.5. The molecule has 0 spiro atoms. The number of hydrogen-bond acceptors (Lipinski definition) is 3. The minimum absolute atomic E-state index is 0.348. The van der Waals surface area contributed by atoms with Crippen molar-refractivity contribution in [3.8, 4) is 5.75 Å². The number of para-hydroxylation sites is 1. The molecule has 1 atom stereocenters. The Morgan fingerprint density at radius 1 is 1.35 bits per heavy atom. The van der Waals surface area contributed by atoms with Crippen LogP contribution in [0.1, 0.15) is 13.8 Å². The summed E-state index contributed by atoms with van der Waals surface area (Å²) in [5, 5.41) is 11.9. The van der Waals surface area contributed by atoms with Gasteiger partial charge in [-0.3, -0.25) is 0 Å². The third-order valence-corrected chi connectivity index (χ3v) is 3.16. The Kier molecular flexibility index (Phi) is 6.40. The van der Waals surface area contributed by atoms with Crippen molar-refractivity contribution >= 4 is 11.8 Å². The van der Waals surface area contributed by atoms with E-state index in [-0.39, 0.29) is 0 Å². The van der Waals surface area contributed by atoms with Crippen molar-refractivity contribution in [2.45, 2.75) is 30.9 Å². The molecule has 0 aliphatic carbocycles. The van der Waals surface area contributed by atoms with Gasteiger partial charge in [-0.25, -0.2) is 0 Å². The fraction of sp³-hybridized carbons (Fsp3) is 0.538. The fourth-order valence-corrected chi connectivity index (χ4v) is 1.96. The van der Waals surface area contributed by atoms with Gasteiger partial charge < -0.3 is 15.2 Å². The average Bonchev–Trinajstić information content (AvgIpc) is 2.34. The normalized spacial score (nSPS) is 12.8. The summed E-state index contributed by atoms with van der Waals surface area (Å²) in [5.74, 6) is 0.851. The van der Waals surface area contributed by atoms with Crippen molar-refractivity contribution < 1.29 is 15.2 Å². The number of aliphatic hydroxyl groups is 1. The van der Waals surface area contributed by atoms with Crippen molar-refractivity contribution in [3.63, 3.8) is 0 Å². The van der Waals surface area contributed by atoms with Gasteiger partial charge in [0, 0.05) is 4.90 Å². The van der Waals surface area contributed by atoms with Gasteiger partial charge in [0.2, 0.25) is 0 Å². The standard InChI is InChI=1S/C13H21NO2S/c1-10(2)14-8-11(15)9-16-12-6-4-5-7-13(12)17-3/h4-7,10-11,14-15H,8-9H2,1-3H3/p+1/t11-/m1/s1. The molecule has 0 saturated carbocycles. The van der Waals surface area contributed by atoms with Crippen LogP contribution in [-0.2, 0) is 0 Å². The molecule has 0 radical (unpaired) electrons. The second-order valence-corrected chi connectivity index (χ2v) is 5.18. The predicted molar refractivity (Wildman–Crippen MR) is 71.7 cm³/mol. The molecular weight excluding hydrogens is 234 g/mol. The van der Waals surface area contributed by atoms with Gasteiger partial charge in [-0.2, -0.15) is 0 Å². The van der Waals surface area contributed by atoms with Gasteiger partial charge in [0.25, 0.3) is 0 Å². The highest BCUT2D eigenvalue weighted by atomic mass is 32.2. The van der Waals surface area contributed by atoms with E-state index < -0.39 is 6.10 Å². The minimum atomic E-state index is -0.424. The first-order chi connectivity index (χ1) is 8.13. The molecule has 1 aromatic carbocycles. The van der Waals surface area contributed by atoms with Crippen LogP contribution in [0.2, 0.25) is 0 Å². The molecule has 0 aromatic heterocycles. The van der Waals surface area contributed by atoms with E-state index in [0.29, 0.717) is 19.2 Å². The van der Waals surface area contributed by atoms with Crippen LogP contribution in [0.3, 0.4) is 0 Å². The van der Waals surface area contributed by atoms with Crippen molar-refractivity contribution in [1.82, 2.24) is 0 Å². The van der Waals surface area contributed by atoms with Crippen LogP contribution in [0.25, 0.3) is 0 Å². The maximum atomic E-state index is 9.76. The molecule has 0 bridgehead atoms. The maximum absolute atomic E-state index is 9.76. The summed E-state index contributed by atoms with van der Waals surface area (Å²) in [6.07, 6.45) is 1.60. The van der Waals surface area contributed by atoms with Gasteiger partial charge in [-0.15, -0.1) is 11.8 Å². The van der Waals surface area contributed by atoms with E-state index >= 15 is 0 Å². The average molecular weight is 256 g/mol. The lowest BCUT2D eigenvalue weighted by molar-refractivity contribution is -0.688. The van der Waals surface area contributed by atoms with Crippen molar-refractivity contribution in [1.29, 1.82) is 0 Å².